The number of alkyl carbamates (subject to hydrolysis) is 1. The van der Waals surface area contributed by atoms with Crippen molar-refractivity contribution in [2.75, 3.05) is 196 Å². The van der Waals surface area contributed by atoms with Crippen LogP contribution in [-0.4, -0.2) is 333 Å². The number of nitrogens with one attached hydrogen (secondary N) is 8. The zero-order chi connectivity index (χ0) is 86.1. The molecule has 3 rings (SSSR count). The van der Waals surface area contributed by atoms with Gasteiger partial charge in [0.1, 0.15) is 37.6 Å². The number of carboxylic acid groups (broad SMARTS) is 4. The van der Waals surface area contributed by atoms with Gasteiger partial charge in [0, 0.05) is 129 Å². The van der Waals surface area contributed by atoms with E-state index in [9.17, 15) is 100 Å². The fourth-order valence-electron chi connectivity index (χ4n) is 11.1. The molecule has 1 heterocycles. The molecule has 39 nitrogen and oxygen atoms in total. The molecule has 14 N–H and O–H groups in total. The molecule has 1 aliphatic rings. The number of rotatable bonds is 62. The Bertz CT molecular complexity index is 3310. The van der Waals surface area contributed by atoms with Crippen molar-refractivity contribution in [3.63, 3.8) is 0 Å². The minimum absolute atomic E-state index is 0.00434. The van der Waals surface area contributed by atoms with Crippen LogP contribution in [0, 0.1) is 29.2 Å². The number of halogens is 4. The van der Waals surface area contributed by atoms with Crippen LogP contribution in [0.3, 0.4) is 0 Å². The Balaban J connectivity index is 1.26. The number of carbonyl (C=O) groups is 13. The number of carboxylic acids is 4. The number of nitrogens with two attached hydrogens (primary N) is 1. The highest BCUT2D eigenvalue weighted by atomic mass is 19.2. The minimum atomic E-state index is -1.83. The average molecular weight is 1680 g/mol. The van der Waals surface area contributed by atoms with Crippen LogP contribution in [-0.2, 0) is 97.2 Å². The van der Waals surface area contributed by atoms with Crippen molar-refractivity contribution in [2.24, 2.45) is 11.7 Å². The Morgan fingerprint density at radius 1 is 0.504 bits per heavy atom. The van der Waals surface area contributed by atoms with Gasteiger partial charge >= 0.3 is 36.0 Å². The summed E-state index contributed by atoms with van der Waals surface area (Å²) in [4.78, 5) is 166. The summed E-state index contributed by atoms with van der Waals surface area (Å²) in [6.07, 6.45) is 0.374. The first kappa shape index (κ1) is 102. The minimum Gasteiger partial charge on any atom is -0.480 e. The van der Waals surface area contributed by atoms with E-state index in [0.29, 0.717) is 50.9 Å². The van der Waals surface area contributed by atoms with Crippen LogP contribution in [0.1, 0.15) is 96.5 Å². The maximum Gasteiger partial charge on any atom is 0.407 e. The van der Waals surface area contributed by atoms with E-state index in [1.165, 1.54) is 12.1 Å². The first-order valence-corrected chi connectivity index (χ1v) is 38.6. The van der Waals surface area contributed by atoms with Gasteiger partial charge in [0.05, 0.1) is 98.9 Å². The molecular formula is C74H115F4N13O26. The van der Waals surface area contributed by atoms with E-state index < -0.39 is 126 Å². The molecular weight excluding hydrogens is 1560 g/mol. The quantitative estimate of drug-likeness (QED) is 0.0140. The maximum atomic E-state index is 14.4. The molecule has 117 heavy (non-hydrogen) atoms. The highest BCUT2D eigenvalue weighted by molar-refractivity contribution is 5.98. The summed E-state index contributed by atoms with van der Waals surface area (Å²) < 4.78 is 105. The lowest BCUT2D eigenvalue weighted by Crippen LogP contribution is -2.54. The highest BCUT2D eigenvalue weighted by Crippen LogP contribution is 2.28. The number of aldehydes is 1. The lowest BCUT2D eigenvalue weighted by atomic mass is 10.0. The monoisotopic (exact) mass is 1680 g/mol. The molecule has 2 unspecified atom stereocenters. The van der Waals surface area contributed by atoms with E-state index in [1.807, 2.05) is 0 Å². The van der Waals surface area contributed by atoms with E-state index in [-0.39, 0.29) is 246 Å². The van der Waals surface area contributed by atoms with E-state index in [0.717, 1.165) is 6.29 Å². The number of benzene rings is 2. The molecule has 2 aromatic carbocycles. The molecule has 0 bridgehead atoms. The van der Waals surface area contributed by atoms with Gasteiger partial charge in [0.25, 0.3) is 0 Å². The van der Waals surface area contributed by atoms with Gasteiger partial charge < -0.3 is 116 Å². The molecule has 43 heteroatoms. The van der Waals surface area contributed by atoms with E-state index in [4.69, 9.17) is 48.4 Å². The van der Waals surface area contributed by atoms with Gasteiger partial charge in [-0.1, -0.05) is 26.0 Å². The normalized spacial score (nSPS) is 14.2. The Morgan fingerprint density at radius 3 is 1.44 bits per heavy atom. The Morgan fingerprint density at radius 2 is 0.957 bits per heavy atom. The van der Waals surface area contributed by atoms with Crippen molar-refractivity contribution in [2.45, 2.75) is 122 Å². The molecule has 660 valence electrons. The van der Waals surface area contributed by atoms with Crippen LogP contribution in [0.25, 0.3) is 0 Å². The number of ether oxygens (including phenoxy) is 9. The first-order chi connectivity index (χ1) is 56.0. The molecule has 0 aromatic heterocycles. The number of anilines is 1. The number of amides is 9. The van der Waals surface area contributed by atoms with Gasteiger partial charge in [-0.3, -0.25) is 67.5 Å². The van der Waals surface area contributed by atoms with Crippen molar-refractivity contribution in [3.05, 3.63) is 59.2 Å². The molecule has 1 fully saturated rings. The zero-order valence-electron chi connectivity index (χ0n) is 66.2. The Hall–Kier alpha value is -9.57. The number of urea groups is 1. The molecule has 1 aliphatic heterocycles. The van der Waals surface area contributed by atoms with E-state index in [2.05, 4.69) is 42.5 Å². The van der Waals surface area contributed by atoms with Crippen LogP contribution in [0.15, 0.2) is 30.3 Å². The van der Waals surface area contributed by atoms with Gasteiger partial charge in [-0.15, -0.1) is 0 Å². The van der Waals surface area contributed by atoms with Crippen molar-refractivity contribution in [3.8, 4) is 5.75 Å². The molecule has 2 aromatic rings. The summed E-state index contributed by atoms with van der Waals surface area (Å²) >= 11 is 0. The number of carbonyl (C=O) groups excluding carboxylic acids is 9. The third-order valence-corrected chi connectivity index (χ3v) is 17.3. The number of primary amides is 1. The number of hydrogen-bond donors (Lipinski definition) is 13. The summed E-state index contributed by atoms with van der Waals surface area (Å²) in [6.45, 7) is 4.82. The second-order valence-electron chi connectivity index (χ2n) is 26.9. The number of hydrogen-bond acceptors (Lipinski definition) is 26. The molecule has 0 saturated carbocycles. The van der Waals surface area contributed by atoms with Crippen LogP contribution in [0.5, 0.6) is 5.75 Å². The summed E-state index contributed by atoms with van der Waals surface area (Å²) in [5.74, 6) is -16.3. The van der Waals surface area contributed by atoms with Crippen LogP contribution >= 0.6 is 0 Å². The van der Waals surface area contributed by atoms with Crippen molar-refractivity contribution >= 4 is 83.4 Å². The Kier molecular flexibility index (Phi) is 52.9. The lowest BCUT2D eigenvalue weighted by molar-refractivity contribution is -0.145. The predicted octanol–water partition coefficient (Wildman–Crippen LogP) is 0.380. The van der Waals surface area contributed by atoms with Gasteiger partial charge in [-0.25, -0.2) is 18.4 Å². The lowest BCUT2D eigenvalue weighted by Gasteiger charge is -2.35. The average Bonchev–Trinajstić information content (AvgIpc) is 0.814. The molecule has 9 amide bonds. The topological polar surface area (TPSA) is 521 Å². The van der Waals surface area contributed by atoms with Crippen LogP contribution < -0.4 is 53.0 Å². The molecule has 1 saturated heterocycles. The van der Waals surface area contributed by atoms with E-state index in [1.54, 1.807) is 45.6 Å². The van der Waals surface area contributed by atoms with Gasteiger partial charge in [0.2, 0.25) is 53.4 Å². The third-order valence-electron chi connectivity index (χ3n) is 17.3. The zero-order valence-corrected chi connectivity index (χ0v) is 66.2. The number of nitrogens with zero attached hydrogens (tertiary/aromatic N) is 4. The van der Waals surface area contributed by atoms with Crippen molar-refractivity contribution < 1.29 is 143 Å². The van der Waals surface area contributed by atoms with E-state index >= 15 is 0 Å². The molecule has 4 atom stereocenters. The van der Waals surface area contributed by atoms with Gasteiger partial charge in [0.15, 0.2) is 17.4 Å². The largest absolute Gasteiger partial charge is 0.480 e. The first-order valence-electron chi connectivity index (χ1n) is 38.6. The molecule has 0 spiro atoms. The fourth-order valence-corrected chi connectivity index (χ4v) is 11.1. The van der Waals surface area contributed by atoms with Crippen LogP contribution in [0.2, 0.25) is 0 Å². The fraction of sp³-hybridized carbons (Fsp3) is 0.662. The third kappa shape index (κ3) is 48.0. The van der Waals surface area contributed by atoms with Gasteiger partial charge in [-0.2, -0.15) is 8.78 Å². The second kappa shape index (κ2) is 60.9. The summed E-state index contributed by atoms with van der Waals surface area (Å²) in [7, 11) is 0. The number of unbranched alkanes of at least 4 members (excludes halogenated alkanes) is 3. The SMILES string of the molecule is CC(C)[C@H](NC(=O)CCCCC(=O)NCCOCCOCCOCCOCCOCCNC(=O)CCC(C(=O)O)N1CCN(CC(=O)O)CCN(CC(=O)O)CCN(CC(=O)O)CC1)C(=O)N[C@@H](CCCNC(N)=O)C(=O)Nc1ccc(COC(=O)NCCOCC(OCCNC(=O)CCCCC=O)Oc2c(F)c(F)cc(F)c2F)cc1. The standard InChI is InChI=1S/C74H115F4N13O26/c1-51(2)68(71(104)86-56(9-8-19-83-73(79)107)70(103)85-53-15-13-52(14-16-53)49-116-74(108)84-22-35-114-50-65(115-36-23-82-58(93)10-4-3-7-32-92)117-69-66(77)54(75)45-55(76)67(69)78)87-61(96)12-6-5-11-59(94)80-20-33-109-37-39-111-41-43-113-44-42-112-40-38-110-34-21-81-60(95)18-17-57(72(105)106)91-30-28-89(47-63(99)100)26-24-88(46-62(97)98)25-27-90(29-31-91)48-64(101)102/h13-16,32,45,51,56-57,65,68H,3-12,17-31,33-44,46-50H2,1-2H3,(H,80,94)(H,81,95)(H,82,93)(H,84,108)(H,85,103)(H,86,104)(H,87,96)(H,97,98)(H,99,100)(H,101,102)(H,105,106)(H3,79,83,107)/t56-,57?,65?,68-/m0/s1. The predicted molar refractivity (Wildman–Crippen MR) is 407 cm³/mol. The van der Waals surface area contributed by atoms with Crippen molar-refractivity contribution in [1.82, 2.24) is 56.8 Å². The number of aliphatic carboxylic acids is 4. The van der Waals surface area contributed by atoms with Crippen LogP contribution in [0.4, 0.5) is 32.8 Å². The Labute approximate surface area is 675 Å². The second-order valence-corrected chi connectivity index (χ2v) is 26.9. The van der Waals surface area contributed by atoms with Gasteiger partial charge in [-0.05, 0) is 68.6 Å². The highest BCUT2D eigenvalue weighted by Gasteiger charge is 2.32. The summed E-state index contributed by atoms with van der Waals surface area (Å²) in [5, 5.41) is 59.6. The maximum absolute atomic E-state index is 14.4. The van der Waals surface area contributed by atoms with Crippen molar-refractivity contribution in [1.29, 1.82) is 0 Å². The molecule has 0 radical (unpaired) electrons. The summed E-state index contributed by atoms with van der Waals surface area (Å²) in [5.41, 5.74) is 5.98. The molecule has 0 aliphatic carbocycles. The summed E-state index contributed by atoms with van der Waals surface area (Å²) in [6, 6.07) is 1.93. The smallest absolute Gasteiger partial charge is 0.407 e.